The van der Waals surface area contributed by atoms with Crippen molar-refractivity contribution < 1.29 is 27.9 Å². The van der Waals surface area contributed by atoms with Crippen molar-refractivity contribution in [2.24, 2.45) is 0 Å². The van der Waals surface area contributed by atoms with Gasteiger partial charge in [0.25, 0.3) is 5.91 Å². The number of hydrogen-bond donors (Lipinski definition) is 1. The molecule has 2 aromatic carbocycles. The third-order valence-electron chi connectivity index (χ3n) is 5.30. The molecule has 1 unspecified atom stereocenters. The number of halogens is 3. The number of aromatic nitrogens is 1. The van der Waals surface area contributed by atoms with Crippen LogP contribution >= 0.6 is 15.9 Å². The number of carbonyl (C=O) groups excluding carboxylic acids is 2. The number of anilines is 1. The zero-order chi connectivity index (χ0) is 23.3. The van der Waals surface area contributed by atoms with Gasteiger partial charge in [0.1, 0.15) is 11.6 Å². The van der Waals surface area contributed by atoms with Crippen LogP contribution in [0.3, 0.4) is 0 Å². The molecule has 1 amide bonds. The zero-order valence-electron chi connectivity index (χ0n) is 16.6. The number of aliphatic hydroxyl groups excluding tert-OH is 1. The summed E-state index contributed by atoms with van der Waals surface area (Å²) in [6.45, 7) is 0. The maximum absolute atomic E-state index is 14.0. The molecule has 1 aliphatic heterocycles. The monoisotopic (exact) mass is 510 g/mol. The van der Waals surface area contributed by atoms with E-state index in [1.807, 2.05) is 0 Å². The van der Waals surface area contributed by atoms with Crippen molar-refractivity contribution in [3.05, 3.63) is 106 Å². The van der Waals surface area contributed by atoms with Gasteiger partial charge in [-0.1, -0.05) is 22.0 Å². The average molecular weight is 511 g/mol. The predicted molar refractivity (Wildman–Crippen MR) is 119 cm³/mol. The van der Waals surface area contributed by atoms with Crippen LogP contribution in [-0.4, -0.2) is 21.8 Å². The van der Waals surface area contributed by atoms with Crippen molar-refractivity contribution in [1.82, 2.24) is 4.98 Å². The molecule has 4 aromatic rings. The van der Waals surface area contributed by atoms with Gasteiger partial charge in [0.2, 0.25) is 5.78 Å². The van der Waals surface area contributed by atoms with Gasteiger partial charge in [0.15, 0.2) is 23.2 Å². The Kier molecular flexibility index (Phi) is 5.05. The molecular formula is C24H13BrF2N2O4. The van der Waals surface area contributed by atoms with Gasteiger partial charge in [-0.15, -0.1) is 0 Å². The van der Waals surface area contributed by atoms with Crippen molar-refractivity contribution in [1.29, 1.82) is 0 Å². The SMILES string of the molecule is O=C(C1=C(O)C(=O)N(c2ccc(F)c(F)c2)C1c1ccccn1)c1cc2cc(Br)ccc2o1. The van der Waals surface area contributed by atoms with E-state index >= 15 is 0 Å². The van der Waals surface area contributed by atoms with Crippen LogP contribution in [0.25, 0.3) is 11.0 Å². The highest BCUT2D eigenvalue weighted by Gasteiger charge is 2.46. The molecule has 0 saturated heterocycles. The lowest BCUT2D eigenvalue weighted by atomic mass is 9.98. The minimum atomic E-state index is -1.18. The summed E-state index contributed by atoms with van der Waals surface area (Å²) < 4.78 is 33.9. The van der Waals surface area contributed by atoms with Gasteiger partial charge in [-0.2, -0.15) is 0 Å². The van der Waals surface area contributed by atoms with Crippen LogP contribution in [0.1, 0.15) is 22.3 Å². The number of carbonyl (C=O) groups is 2. The van der Waals surface area contributed by atoms with Crippen LogP contribution in [0.5, 0.6) is 0 Å². The molecule has 1 N–H and O–H groups in total. The van der Waals surface area contributed by atoms with Crippen LogP contribution in [0.15, 0.2) is 87.1 Å². The number of rotatable bonds is 4. The van der Waals surface area contributed by atoms with E-state index in [1.54, 1.807) is 36.4 Å². The molecular weight excluding hydrogens is 498 g/mol. The number of hydrogen-bond acceptors (Lipinski definition) is 5. The van der Waals surface area contributed by atoms with Crippen molar-refractivity contribution in [2.45, 2.75) is 6.04 Å². The summed E-state index contributed by atoms with van der Waals surface area (Å²) in [6, 6.07) is 13.2. The minimum Gasteiger partial charge on any atom is -0.503 e. The summed E-state index contributed by atoms with van der Waals surface area (Å²) in [5.74, 6) is -4.86. The zero-order valence-corrected chi connectivity index (χ0v) is 18.2. The van der Waals surface area contributed by atoms with E-state index in [0.29, 0.717) is 11.0 Å². The number of amides is 1. The molecule has 6 nitrogen and oxygen atoms in total. The Hall–Kier alpha value is -3.85. The third kappa shape index (κ3) is 3.50. The van der Waals surface area contributed by atoms with Crippen LogP contribution < -0.4 is 4.90 Å². The fourth-order valence-electron chi connectivity index (χ4n) is 3.81. The van der Waals surface area contributed by atoms with Crippen molar-refractivity contribution in [3.8, 4) is 0 Å². The lowest BCUT2D eigenvalue weighted by molar-refractivity contribution is -0.117. The van der Waals surface area contributed by atoms with Gasteiger partial charge in [-0.25, -0.2) is 8.78 Å². The van der Waals surface area contributed by atoms with Crippen LogP contribution in [-0.2, 0) is 4.79 Å². The Morgan fingerprint density at radius 3 is 2.61 bits per heavy atom. The molecule has 0 spiro atoms. The van der Waals surface area contributed by atoms with E-state index in [-0.39, 0.29) is 22.7 Å². The van der Waals surface area contributed by atoms with Gasteiger partial charge in [-0.05, 0) is 48.5 Å². The Balaban J connectivity index is 1.66. The van der Waals surface area contributed by atoms with Gasteiger partial charge in [0.05, 0.1) is 11.3 Å². The fourth-order valence-corrected chi connectivity index (χ4v) is 4.19. The van der Waals surface area contributed by atoms with Gasteiger partial charge in [0, 0.05) is 27.8 Å². The molecule has 5 rings (SSSR count). The molecule has 164 valence electrons. The van der Waals surface area contributed by atoms with Crippen LogP contribution in [0, 0.1) is 11.6 Å². The summed E-state index contributed by atoms with van der Waals surface area (Å²) in [4.78, 5) is 31.7. The van der Waals surface area contributed by atoms with Crippen molar-refractivity contribution in [3.63, 3.8) is 0 Å². The van der Waals surface area contributed by atoms with E-state index in [0.717, 1.165) is 21.5 Å². The predicted octanol–water partition coefficient (Wildman–Crippen LogP) is 5.65. The molecule has 0 radical (unpaired) electrons. The normalized spacial score (nSPS) is 16.2. The number of benzene rings is 2. The highest BCUT2D eigenvalue weighted by molar-refractivity contribution is 9.10. The number of ketones is 1. The highest BCUT2D eigenvalue weighted by Crippen LogP contribution is 2.42. The van der Waals surface area contributed by atoms with Gasteiger partial charge >= 0.3 is 0 Å². The maximum Gasteiger partial charge on any atom is 0.294 e. The molecule has 2 aromatic heterocycles. The quantitative estimate of drug-likeness (QED) is 0.358. The summed E-state index contributed by atoms with van der Waals surface area (Å²) in [6.07, 6.45) is 1.46. The molecule has 33 heavy (non-hydrogen) atoms. The van der Waals surface area contributed by atoms with Gasteiger partial charge < -0.3 is 9.52 Å². The lowest BCUT2D eigenvalue weighted by Crippen LogP contribution is -2.31. The maximum atomic E-state index is 14.0. The highest BCUT2D eigenvalue weighted by atomic mass is 79.9. The van der Waals surface area contributed by atoms with Crippen LogP contribution in [0.2, 0.25) is 0 Å². The summed E-state index contributed by atoms with van der Waals surface area (Å²) in [5, 5.41) is 11.4. The fraction of sp³-hybridized carbons (Fsp3) is 0.0417. The molecule has 1 atom stereocenters. The lowest BCUT2D eigenvalue weighted by Gasteiger charge is -2.26. The minimum absolute atomic E-state index is 0.0440. The molecule has 9 heteroatoms. The van der Waals surface area contributed by atoms with Crippen molar-refractivity contribution >= 4 is 44.3 Å². The second kappa shape index (κ2) is 7.93. The molecule has 0 bridgehead atoms. The first-order chi connectivity index (χ1) is 15.8. The van der Waals surface area contributed by atoms with E-state index in [1.165, 1.54) is 18.3 Å². The van der Waals surface area contributed by atoms with E-state index in [2.05, 4.69) is 20.9 Å². The molecule has 0 aliphatic carbocycles. The first-order valence-corrected chi connectivity index (χ1v) is 10.5. The molecule has 0 fully saturated rings. The molecule has 3 heterocycles. The van der Waals surface area contributed by atoms with Gasteiger partial charge in [-0.3, -0.25) is 19.5 Å². The van der Waals surface area contributed by atoms with E-state index in [4.69, 9.17) is 4.42 Å². The Labute approximate surface area is 193 Å². The number of nitrogens with zero attached hydrogens (tertiary/aromatic N) is 2. The summed E-state index contributed by atoms with van der Waals surface area (Å²) in [5.41, 5.74) is 0.374. The standard InChI is InChI=1S/C24H13BrF2N2O4/c25-13-4-7-18-12(9-13)10-19(33-18)22(30)20-21(17-3-1-2-8-28-17)29(24(32)23(20)31)14-5-6-15(26)16(27)11-14/h1-11,21,31H. The second-order valence-electron chi connectivity index (χ2n) is 7.31. The second-order valence-corrected chi connectivity index (χ2v) is 8.23. The first-order valence-electron chi connectivity index (χ1n) is 9.71. The number of Topliss-reactive ketones (excluding diaryl/α,β-unsaturated/α-hetero) is 1. The molecule has 1 aliphatic rings. The number of furan rings is 1. The summed E-state index contributed by atoms with van der Waals surface area (Å²) >= 11 is 3.35. The van der Waals surface area contributed by atoms with Crippen molar-refractivity contribution in [2.75, 3.05) is 4.90 Å². The first kappa shape index (κ1) is 21.0. The smallest absolute Gasteiger partial charge is 0.294 e. The molecule has 0 saturated carbocycles. The van der Waals surface area contributed by atoms with E-state index < -0.39 is 35.1 Å². The Morgan fingerprint density at radius 1 is 1.06 bits per heavy atom. The van der Waals surface area contributed by atoms with Crippen LogP contribution in [0.4, 0.5) is 14.5 Å². The summed E-state index contributed by atoms with van der Waals surface area (Å²) in [7, 11) is 0. The third-order valence-corrected chi connectivity index (χ3v) is 5.80. The Morgan fingerprint density at radius 2 is 1.88 bits per heavy atom. The average Bonchev–Trinajstić information content (AvgIpc) is 3.34. The van der Waals surface area contributed by atoms with E-state index in [9.17, 15) is 23.5 Å². The largest absolute Gasteiger partial charge is 0.503 e. The number of fused-ring (bicyclic) bond motifs is 1. The number of aliphatic hydroxyl groups is 1. The Bertz CT molecular complexity index is 1470. The number of pyridine rings is 1. The topological polar surface area (TPSA) is 83.6 Å².